The van der Waals surface area contributed by atoms with Gasteiger partial charge in [0.25, 0.3) is 0 Å². The molecule has 0 fully saturated rings. The Morgan fingerprint density at radius 2 is 2.11 bits per heavy atom. The summed E-state index contributed by atoms with van der Waals surface area (Å²) < 4.78 is 0. The lowest BCUT2D eigenvalue weighted by molar-refractivity contribution is -0.121. The summed E-state index contributed by atoms with van der Waals surface area (Å²) in [6.07, 6.45) is 1.29. The van der Waals surface area contributed by atoms with Crippen molar-refractivity contribution in [3.63, 3.8) is 0 Å². The number of carbonyl (C=O) groups is 1. The monoisotopic (exact) mass is 271 g/mol. The van der Waals surface area contributed by atoms with Crippen LogP contribution >= 0.6 is 11.6 Å². The van der Waals surface area contributed by atoms with Crippen molar-refractivity contribution in [2.24, 2.45) is 5.92 Å². The summed E-state index contributed by atoms with van der Waals surface area (Å²) in [7, 11) is 0. The predicted octanol–water partition coefficient (Wildman–Crippen LogP) is 1.28. The molecule has 1 rings (SSSR count). The number of nitrogens with two attached hydrogens (primary N) is 1. The summed E-state index contributed by atoms with van der Waals surface area (Å²) in [6.45, 7) is 6.41. The second kappa shape index (κ2) is 6.39. The summed E-state index contributed by atoms with van der Waals surface area (Å²) in [5, 5.41) is 5.94. The van der Waals surface area contributed by atoms with E-state index < -0.39 is 6.04 Å². The van der Waals surface area contributed by atoms with Crippen LogP contribution in [0.4, 0.5) is 11.6 Å². The second-order valence-electron chi connectivity index (χ2n) is 4.43. The molecule has 0 radical (unpaired) electrons. The van der Waals surface area contributed by atoms with Gasteiger partial charge in [0.2, 0.25) is 5.91 Å². The molecule has 1 amide bonds. The number of halogens is 1. The highest BCUT2D eigenvalue weighted by molar-refractivity contribution is 6.35. The minimum absolute atomic E-state index is 0.114. The van der Waals surface area contributed by atoms with Crippen molar-refractivity contribution in [2.45, 2.75) is 26.8 Å². The lowest BCUT2D eigenvalue weighted by Gasteiger charge is -2.16. The normalized spacial score (nSPS) is 12.3. The van der Waals surface area contributed by atoms with E-state index in [2.05, 4.69) is 20.6 Å². The maximum absolute atomic E-state index is 11.8. The van der Waals surface area contributed by atoms with Crippen molar-refractivity contribution in [3.8, 4) is 0 Å². The molecule has 0 bridgehead atoms. The average molecular weight is 272 g/mol. The molecule has 1 atom stereocenters. The van der Waals surface area contributed by atoms with Crippen LogP contribution in [0.3, 0.4) is 0 Å². The van der Waals surface area contributed by atoms with E-state index >= 15 is 0 Å². The van der Waals surface area contributed by atoms with Crippen molar-refractivity contribution in [1.82, 2.24) is 15.3 Å². The van der Waals surface area contributed by atoms with Gasteiger partial charge in [-0.1, -0.05) is 25.4 Å². The quantitative estimate of drug-likeness (QED) is 0.750. The minimum Gasteiger partial charge on any atom is -0.382 e. The van der Waals surface area contributed by atoms with Crippen LogP contribution in [0.15, 0.2) is 6.33 Å². The number of hydrogen-bond donors (Lipinski definition) is 3. The first-order valence-corrected chi connectivity index (χ1v) is 6.09. The molecule has 0 aromatic carbocycles. The van der Waals surface area contributed by atoms with Gasteiger partial charge in [0.1, 0.15) is 23.2 Å². The zero-order valence-corrected chi connectivity index (χ0v) is 11.5. The summed E-state index contributed by atoms with van der Waals surface area (Å²) in [6, 6.07) is -0.449. The Bertz CT molecular complexity index is 424. The molecule has 0 saturated heterocycles. The Morgan fingerprint density at radius 3 is 2.72 bits per heavy atom. The molecule has 1 heterocycles. The highest BCUT2D eigenvalue weighted by Crippen LogP contribution is 2.23. The van der Waals surface area contributed by atoms with E-state index in [-0.39, 0.29) is 16.7 Å². The molecule has 4 N–H and O–H groups in total. The van der Waals surface area contributed by atoms with Crippen molar-refractivity contribution in [3.05, 3.63) is 11.3 Å². The molecule has 0 saturated carbocycles. The van der Waals surface area contributed by atoms with Crippen molar-refractivity contribution < 1.29 is 4.79 Å². The summed E-state index contributed by atoms with van der Waals surface area (Å²) in [5.41, 5.74) is 5.55. The highest BCUT2D eigenvalue weighted by Gasteiger charge is 2.15. The van der Waals surface area contributed by atoms with Crippen LogP contribution < -0.4 is 16.4 Å². The van der Waals surface area contributed by atoms with Crippen LogP contribution in [-0.4, -0.2) is 28.5 Å². The molecular weight excluding hydrogens is 254 g/mol. The maximum Gasteiger partial charge on any atom is 0.242 e. The Kier molecular flexibility index (Phi) is 5.15. The zero-order valence-electron chi connectivity index (χ0n) is 10.7. The predicted molar refractivity (Wildman–Crippen MR) is 72.4 cm³/mol. The molecule has 1 aromatic rings. The van der Waals surface area contributed by atoms with E-state index in [1.54, 1.807) is 6.92 Å². The van der Waals surface area contributed by atoms with Gasteiger partial charge in [-0.2, -0.15) is 0 Å². The number of amides is 1. The molecule has 1 aromatic heterocycles. The lowest BCUT2D eigenvalue weighted by atomic mass is 10.2. The van der Waals surface area contributed by atoms with Gasteiger partial charge in [0.05, 0.1) is 0 Å². The largest absolute Gasteiger partial charge is 0.382 e. The third-order valence-corrected chi connectivity index (χ3v) is 2.62. The number of nitrogens with one attached hydrogen (secondary N) is 2. The number of nitrogens with zero attached hydrogens (tertiary/aromatic N) is 2. The molecule has 0 aliphatic carbocycles. The summed E-state index contributed by atoms with van der Waals surface area (Å²) in [4.78, 5) is 19.4. The first-order valence-electron chi connectivity index (χ1n) is 5.72. The number of hydrogen-bond acceptors (Lipinski definition) is 5. The van der Waals surface area contributed by atoms with E-state index in [4.69, 9.17) is 17.3 Å². The van der Waals surface area contributed by atoms with Gasteiger partial charge in [-0.15, -0.1) is 0 Å². The maximum atomic E-state index is 11.8. The molecule has 0 aliphatic rings. The molecule has 100 valence electrons. The van der Waals surface area contributed by atoms with E-state index in [0.717, 1.165) is 0 Å². The highest BCUT2D eigenvalue weighted by atomic mass is 35.5. The first-order chi connectivity index (χ1) is 8.41. The van der Waals surface area contributed by atoms with Crippen LogP contribution in [0.2, 0.25) is 5.02 Å². The van der Waals surface area contributed by atoms with Crippen LogP contribution in [0, 0.1) is 5.92 Å². The first kappa shape index (κ1) is 14.5. The van der Waals surface area contributed by atoms with Gasteiger partial charge in [-0.05, 0) is 12.8 Å². The Morgan fingerprint density at radius 1 is 1.44 bits per heavy atom. The fraction of sp³-hybridized carbons (Fsp3) is 0.545. The van der Waals surface area contributed by atoms with Gasteiger partial charge in [-0.3, -0.25) is 4.79 Å². The van der Waals surface area contributed by atoms with Gasteiger partial charge in [0, 0.05) is 6.54 Å². The third kappa shape index (κ3) is 4.03. The van der Waals surface area contributed by atoms with Crippen LogP contribution in [-0.2, 0) is 4.79 Å². The second-order valence-corrected chi connectivity index (χ2v) is 4.80. The SMILES string of the molecule is CC(C)CNC(=O)C(C)Nc1ncnc(N)c1Cl. The van der Waals surface area contributed by atoms with Gasteiger partial charge < -0.3 is 16.4 Å². The molecule has 0 aliphatic heterocycles. The molecule has 0 spiro atoms. The van der Waals surface area contributed by atoms with Gasteiger partial charge in [0.15, 0.2) is 5.82 Å². The number of carbonyl (C=O) groups excluding carboxylic acids is 1. The fourth-order valence-electron chi connectivity index (χ4n) is 1.21. The summed E-state index contributed by atoms with van der Waals surface area (Å²) >= 11 is 5.93. The lowest BCUT2D eigenvalue weighted by Crippen LogP contribution is -2.39. The van der Waals surface area contributed by atoms with E-state index in [1.807, 2.05) is 13.8 Å². The van der Waals surface area contributed by atoms with Crippen molar-refractivity contribution >= 4 is 29.1 Å². The smallest absolute Gasteiger partial charge is 0.242 e. The minimum atomic E-state index is -0.449. The summed E-state index contributed by atoms with van der Waals surface area (Å²) in [5.74, 6) is 0.830. The fourth-order valence-corrected chi connectivity index (χ4v) is 1.36. The van der Waals surface area contributed by atoms with E-state index in [1.165, 1.54) is 6.33 Å². The topological polar surface area (TPSA) is 92.9 Å². The molecule has 18 heavy (non-hydrogen) atoms. The van der Waals surface area contributed by atoms with Crippen LogP contribution in [0.25, 0.3) is 0 Å². The molecule has 7 heteroatoms. The number of nitrogen functional groups attached to an aromatic ring is 1. The molecule has 1 unspecified atom stereocenters. The molecular formula is C11H18ClN5O. The van der Waals surface area contributed by atoms with Gasteiger partial charge in [-0.25, -0.2) is 9.97 Å². The van der Waals surface area contributed by atoms with E-state index in [0.29, 0.717) is 18.3 Å². The van der Waals surface area contributed by atoms with Crippen LogP contribution in [0.5, 0.6) is 0 Å². The van der Waals surface area contributed by atoms with Crippen LogP contribution in [0.1, 0.15) is 20.8 Å². The average Bonchev–Trinajstić information content (AvgIpc) is 2.31. The Labute approximate surface area is 111 Å². The van der Waals surface area contributed by atoms with E-state index in [9.17, 15) is 4.79 Å². The molecule has 6 nitrogen and oxygen atoms in total. The third-order valence-electron chi connectivity index (χ3n) is 2.25. The van der Waals surface area contributed by atoms with Crippen molar-refractivity contribution in [1.29, 1.82) is 0 Å². The van der Waals surface area contributed by atoms with Gasteiger partial charge >= 0.3 is 0 Å². The Hall–Kier alpha value is -1.56. The number of rotatable bonds is 5. The number of anilines is 2. The standard InChI is InChI=1S/C11H18ClN5O/c1-6(2)4-14-11(18)7(3)17-10-8(12)9(13)15-5-16-10/h5-7H,4H2,1-3H3,(H,14,18)(H3,13,15,16,17). The number of aromatic nitrogens is 2. The zero-order chi connectivity index (χ0) is 13.7. The Balaban J connectivity index is 2.61. The van der Waals surface area contributed by atoms with Crippen molar-refractivity contribution in [2.75, 3.05) is 17.6 Å².